The number of hydrogen-bond donors (Lipinski definition) is 1. The third kappa shape index (κ3) is 6.16. The molecule has 1 N–H and O–H groups in total. The SMILES string of the molecule is CCc1ccccc1NC(=O)CSc1nnc(C(C)Oc2ccccc2C(C)C)n1C(C)C. The number of benzene rings is 2. The molecular weight excluding hydrogens is 432 g/mol. The van der Waals surface area contributed by atoms with Gasteiger partial charge in [-0.15, -0.1) is 10.2 Å². The van der Waals surface area contributed by atoms with Gasteiger partial charge >= 0.3 is 0 Å². The molecule has 0 radical (unpaired) electrons. The van der Waals surface area contributed by atoms with Crippen LogP contribution in [0.2, 0.25) is 0 Å². The Balaban J connectivity index is 1.72. The summed E-state index contributed by atoms with van der Waals surface area (Å²) >= 11 is 1.39. The Morgan fingerprint density at radius 2 is 1.73 bits per heavy atom. The van der Waals surface area contributed by atoms with Crippen LogP contribution in [0.1, 0.15) is 76.6 Å². The zero-order valence-electron chi connectivity index (χ0n) is 20.3. The van der Waals surface area contributed by atoms with E-state index in [2.05, 4.69) is 60.8 Å². The lowest BCUT2D eigenvalue weighted by Gasteiger charge is -2.21. The fourth-order valence-corrected chi connectivity index (χ4v) is 4.60. The smallest absolute Gasteiger partial charge is 0.234 e. The number of carbonyl (C=O) groups is 1. The van der Waals surface area contributed by atoms with Gasteiger partial charge in [0, 0.05) is 11.7 Å². The van der Waals surface area contributed by atoms with Crippen LogP contribution < -0.4 is 10.1 Å². The summed E-state index contributed by atoms with van der Waals surface area (Å²) in [4.78, 5) is 12.6. The normalized spacial score (nSPS) is 12.2. The highest BCUT2D eigenvalue weighted by Crippen LogP contribution is 2.32. The largest absolute Gasteiger partial charge is 0.482 e. The molecule has 0 aliphatic rings. The van der Waals surface area contributed by atoms with Crippen molar-refractivity contribution < 1.29 is 9.53 Å². The van der Waals surface area contributed by atoms with E-state index in [0.717, 1.165) is 29.2 Å². The zero-order valence-corrected chi connectivity index (χ0v) is 21.1. The second-order valence-electron chi connectivity index (χ2n) is 8.60. The van der Waals surface area contributed by atoms with Crippen molar-refractivity contribution in [1.82, 2.24) is 14.8 Å². The number of aromatic nitrogens is 3. The van der Waals surface area contributed by atoms with Gasteiger partial charge in [-0.1, -0.05) is 68.9 Å². The molecule has 0 spiro atoms. The lowest BCUT2D eigenvalue weighted by atomic mass is 10.0. The van der Waals surface area contributed by atoms with E-state index in [9.17, 15) is 4.79 Å². The van der Waals surface area contributed by atoms with Crippen molar-refractivity contribution in [3.63, 3.8) is 0 Å². The molecule has 176 valence electrons. The Labute approximate surface area is 201 Å². The number of ether oxygens (including phenoxy) is 1. The quantitative estimate of drug-likeness (QED) is 0.349. The van der Waals surface area contributed by atoms with E-state index in [-0.39, 0.29) is 23.8 Å². The average molecular weight is 467 g/mol. The van der Waals surface area contributed by atoms with Crippen molar-refractivity contribution in [2.24, 2.45) is 0 Å². The van der Waals surface area contributed by atoms with Crippen LogP contribution in [0.15, 0.2) is 53.7 Å². The second kappa shape index (κ2) is 11.4. The van der Waals surface area contributed by atoms with Crippen molar-refractivity contribution >= 4 is 23.4 Å². The highest BCUT2D eigenvalue weighted by molar-refractivity contribution is 7.99. The number of rotatable bonds is 10. The van der Waals surface area contributed by atoms with Gasteiger partial charge in [-0.2, -0.15) is 0 Å². The Morgan fingerprint density at radius 3 is 2.42 bits per heavy atom. The number of amides is 1. The zero-order chi connectivity index (χ0) is 24.0. The third-order valence-corrected chi connectivity index (χ3v) is 6.36. The standard InChI is InChI=1S/C26H34N4O2S/c1-7-20-12-8-10-14-22(20)27-24(31)16-33-26-29-28-25(30(26)18(4)5)19(6)32-23-15-11-9-13-21(23)17(2)3/h8-15,17-19H,7,16H2,1-6H3,(H,27,31). The maximum Gasteiger partial charge on any atom is 0.234 e. The number of carbonyl (C=O) groups excluding carboxylic acids is 1. The first kappa shape index (κ1) is 24.8. The Bertz CT molecular complexity index is 1080. The maximum absolute atomic E-state index is 12.6. The summed E-state index contributed by atoms with van der Waals surface area (Å²) in [7, 11) is 0. The molecule has 0 aliphatic carbocycles. The van der Waals surface area contributed by atoms with E-state index in [1.165, 1.54) is 17.3 Å². The summed E-state index contributed by atoms with van der Waals surface area (Å²) in [6.07, 6.45) is 0.589. The van der Waals surface area contributed by atoms with Crippen molar-refractivity contribution in [3.05, 3.63) is 65.5 Å². The number of thioether (sulfide) groups is 1. The van der Waals surface area contributed by atoms with Crippen LogP contribution in [0.25, 0.3) is 0 Å². The van der Waals surface area contributed by atoms with Gasteiger partial charge in [0.05, 0.1) is 5.75 Å². The van der Waals surface area contributed by atoms with E-state index >= 15 is 0 Å². The van der Waals surface area contributed by atoms with Gasteiger partial charge in [0.25, 0.3) is 0 Å². The molecule has 1 unspecified atom stereocenters. The van der Waals surface area contributed by atoms with Crippen LogP contribution in [-0.2, 0) is 11.2 Å². The predicted octanol–water partition coefficient (Wildman–Crippen LogP) is 6.42. The van der Waals surface area contributed by atoms with Gasteiger partial charge in [-0.25, -0.2) is 0 Å². The van der Waals surface area contributed by atoms with Crippen LogP contribution in [0.3, 0.4) is 0 Å². The second-order valence-corrected chi connectivity index (χ2v) is 9.55. The summed E-state index contributed by atoms with van der Waals surface area (Å²) in [6.45, 7) is 12.6. The molecule has 1 heterocycles. The van der Waals surface area contributed by atoms with Crippen LogP contribution in [0, 0.1) is 0 Å². The molecule has 1 aromatic heterocycles. The average Bonchev–Trinajstić information content (AvgIpc) is 3.23. The van der Waals surface area contributed by atoms with Crippen molar-refractivity contribution in [2.45, 2.75) is 71.2 Å². The van der Waals surface area contributed by atoms with Gasteiger partial charge < -0.3 is 14.6 Å². The fourth-order valence-electron chi connectivity index (χ4n) is 3.72. The van der Waals surface area contributed by atoms with Crippen molar-refractivity contribution in [2.75, 3.05) is 11.1 Å². The predicted molar refractivity (Wildman–Crippen MR) is 135 cm³/mol. The van der Waals surface area contributed by atoms with Crippen LogP contribution >= 0.6 is 11.8 Å². The minimum Gasteiger partial charge on any atom is -0.482 e. The Hall–Kier alpha value is -2.80. The van der Waals surface area contributed by atoms with E-state index in [1.54, 1.807) is 0 Å². The first-order valence-electron chi connectivity index (χ1n) is 11.5. The molecule has 0 saturated heterocycles. The molecule has 0 aliphatic heterocycles. The van der Waals surface area contributed by atoms with Gasteiger partial charge in [0.1, 0.15) is 5.75 Å². The first-order valence-corrected chi connectivity index (χ1v) is 12.5. The summed E-state index contributed by atoms with van der Waals surface area (Å²) in [5, 5.41) is 12.6. The van der Waals surface area contributed by atoms with Gasteiger partial charge in [0.15, 0.2) is 17.1 Å². The number of hydrogen-bond acceptors (Lipinski definition) is 5. The van der Waals surface area contributed by atoms with Gasteiger partial charge in [0.2, 0.25) is 5.91 Å². The summed E-state index contributed by atoms with van der Waals surface area (Å²) in [5.41, 5.74) is 3.15. The van der Waals surface area contributed by atoms with E-state index in [0.29, 0.717) is 11.1 Å². The lowest BCUT2D eigenvalue weighted by Crippen LogP contribution is -2.17. The molecule has 33 heavy (non-hydrogen) atoms. The highest BCUT2D eigenvalue weighted by atomic mass is 32.2. The van der Waals surface area contributed by atoms with Crippen LogP contribution in [0.5, 0.6) is 5.75 Å². The molecule has 1 atom stereocenters. The minimum atomic E-state index is -0.278. The minimum absolute atomic E-state index is 0.0593. The molecule has 3 rings (SSSR count). The molecule has 6 nitrogen and oxygen atoms in total. The topological polar surface area (TPSA) is 69.0 Å². The van der Waals surface area contributed by atoms with Crippen molar-refractivity contribution in [3.8, 4) is 5.75 Å². The van der Waals surface area contributed by atoms with Crippen LogP contribution in [0.4, 0.5) is 5.69 Å². The molecule has 0 bridgehead atoms. The fraction of sp³-hybridized carbons (Fsp3) is 0.423. The summed E-state index contributed by atoms with van der Waals surface area (Å²) in [6, 6.07) is 16.1. The van der Waals surface area contributed by atoms with Gasteiger partial charge in [-0.3, -0.25) is 4.79 Å². The molecular formula is C26H34N4O2S. The molecule has 7 heteroatoms. The number of nitrogens with zero attached hydrogens (tertiary/aromatic N) is 3. The number of para-hydroxylation sites is 2. The van der Waals surface area contributed by atoms with E-state index in [1.807, 2.05) is 49.4 Å². The van der Waals surface area contributed by atoms with Gasteiger partial charge in [-0.05, 0) is 56.4 Å². The van der Waals surface area contributed by atoms with Crippen molar-refractivity contribution in [1.29, 1.82) is 0 Å². The van der Waals surface area contributed by atoms with E-state index in [4.69, 9.17) is 4.74 Å². The number of nitrogens with one attached hydrogen (secondary N) is 1. The Kier molecular flexibility index (Phi) is 8.55. The third-order valence-electron chi connectivity index (χ3n) is 5.42. The maximum atomic E-state index is 12.6. The highest BCUT2D eigenvalue weighted by Gasteiger charge is 2.23. The van der Waals surface area contributed by atoms with E-state index < -0.39 is 0 Å². The summed E-state index contributed by atoms with van der Waals surface area (Å²) < 4.78 is 8.37. The number of anilines is 1. The first-order chi connectivity index (χ1) is 15.8. The monoisotopic (exact) mass is 466 g/mol. The lowest BCUT2D eigenvalue weighted by molar-refractivity contribution is -0.113. The molecule has 0 saturated carbocycles. The molecule has 2 aromatic carbocycles. The summed E-state index contributed by atoms with van der Waals surface area (Å²) in [5.74, 6) is 2.17. The Morgan fingerprint density at radius 1 is 1.03 bits per heavy atom. The van der Waals surface area contributed by atoms with Crippen LogP contribution in [-0.4, -0.2) is 26.4 Å². The molecule has 0 fully saturated rings. The number of aryl methyl sites for hydroxylation is 1. The molecule has 1 amide bonds. The molecule has 3 aromatic rings.